The van der Waals surface area contributed by atoms with E-state index in [0.29, 0.717) is 6.61 Å². The van der Waals surface area contributed by atoms with Crippen LogP contribution in [0.25, 0.3) is 0 Å². The Hall–Kier alpha value is 0.0600. The van der Waals surface area contributed by atoms with E-state index in [-0.39, 0.29) is 6.61 Å². The maximum Gasteiger partial charge on any atom is 0.319 e. The molecule has 6 nitrogen and oxygen atoms in total. The summed E-state index contributed by atoms with van der Waals surface area (Å²) < 4.78 is 48.0. The zero-order valence-corrected chi connectivity index (χ0v) is 16.7. The molecule has 0 aliphatic heterocycles. The van der Waals surface area contributed by atoms with Gasteiger partial charge >= 0.3 is 8.25 Å². The van der Waals surface area contributed by atoms with E-state index >= 15 is 0 Å². The van der Waals surface area contributed by atoms with Gasteiger partial charge in [0.25, 0.3) is 10.1 Å². The summed E-state index contributed by atoms with van der Waals surface area (Å²) in [7, 11) is -5.66. The Morgan fingerprint density at radius 2 is 1.26 bits per heavy atom. The maximum absolute atomic E-state index is 11.5. The fraction of sp³-hybridized carbons (Fsp3) is 1.00. The molecule has 0 radical (unpaired) electrons. The van der Waals surface area contributed by atoms with Gasteiger partial charge in [0, 0.05) is 0 Å². The van der Waals surface area contributed by atoms with Crippen molar-refractivity contribution in [2.24, 2.45) is 0 Å². The van der Waals surface area contributed by atoms with Gasteiger partial charge in [-0.1, -0.05) is 38.5 Å². The fourth-order valence-electron chi connectivity index (χ4n) is 1.91. The summed E-state index contributed by atoms with van der Waals surface area (Å²) in [4.78, 5) is 0. The molecule has 0 aromatic rings. The largest absolute Gasteiger partial charge is 0.319 e. The van der Waals surface area contributed by atoms with Crippen LogP contribution in [-0.2, 0) is 27.9 Å². The summed E-state index contributed by atoms with van der Waals surface area (Å²) >= 11 is 0. The molecule has 0 heterocycles. The first-order chi connectivity index (χ1) is 10.6. The summed E-state index contributed by atoms with van der Waals surface area (Å²) in [5.41, 5.74) is -0.428. The lowest BCUT2D eigenvalue weighted by Crippen LogP contribution is -2.15. The van der Waals surface area contributed by atoms with Gasteiger partial charge in [0.05, 0.1) is 25.1 Å². The van der Waals surface area contributed by atoms with Gasteiger partial charge in [0.2, 0.25) is 0 Å². The van der Waals surface area contributed by atoms with Crippen molar-refractivity contribution in [3.05, 3.63) is 0 Å². The van der Waals surface area contributed by atoms with E-state index in [9.17, 15) is 13.0 Å². The highest BCUT2D eigenvalue weighted by Crippen LogP contribution is 2.31. The van der Waals surface area contributed by atoms with Crippen LogP contribution in [0.4, 0.5) is 0 Å². The molecule has 0 N–H and O–H groups in total. The number of unbranched alkanes of at least 4 members (excludes halogenated alkanes) is 7. The van der Waals surface area contributed by atoms with Crippen molar-refractivity contribution in [3.63, 3.8) is 0 Å². The van der Waals surface area contributed by atoms with Crippen LogP contribution in [0.3, 0.4) is 0 Å². The Balaban J connectivity index is 3.27. The van der Waals surface area contributed by atoms with Crippen molar-refractivity contribution in [2.45, 2.75) is 77.7 Å². The van der Waals surface area contributed by atoms with Crippen LogP contribution in [0.2, 0.25) is 0 Å². The van der Waals surface area contributed by atoms with Gasteiger partial charge in [0.1, 0.15) is 0 Å². The first kappa shape index (κ1) is 23.1. The van der Waals surface area contributed by atoms with Crippen molar-refractivity contribution >= 4 is 18.4 Å². The SMILES string of the molecule is CC(C)(C)O[PH](=O)OCCCCCCCCCCOS(C)(=O)=O. The molecule has 1 unspecified atom stereocenters. The van der Waals surface area contributed by atoms with Crippen molar-refractivity contribution < 1.29 is 26.2 Å². The van der Waals surface area contributed by atoms with Gasteiger partial charge in [-0.25, -0.2) is 0 Å². The topological polar surface area (TPSA) is 78.9 Å². The molecule has 0 amide bonds. The van der Waals surface area contributed by atoms with Crippen LogP contribution in [0.15, 0.2) is 0 Å². The van der Waals surface area contributed by atoms with Gasteiger partial charge < -0.3 is 9.05 Å². The number of hydrogen-bond acceptors (Lipinski definition) is 6. The molecule has 23 heavy (non-hydrogen) atoms. The van der Waals surface area contributed by atoms with Crippen LogP contribution < -0.4 is 0 Å². The Morgan fingerprint density at radius 3 is 1.70 bits per heavy atom. The lowest BCUT2D eigenvalue weighted by Gasteiger charge is -2.18. The van der Waals surface area contributed by atoms with Crippen molar-refractivity contribution in [2.75, 3.05) is 19.5 Å². The lowest BCUT2D eigenvalue weighted by atomic mass is 10.1. The molecule has 0 aromatic heterocycles. The molecular weight excluding hydrogens is 339 g/mol. The second kappa shape index (κ2) is 12.4. The third kappa shape index (κ3) is 20.0. The van der Waals surface area contributed by atoms with Crippen molar-refractivity contribution in [3.8, 4) is 0 Å². The molecule has 0 saturated heterocycles. The summed E-state index contributed by atoms with van der Waals surface area (Å²) in [6.07, 6.45) is 9.32. The third-order valence-electron chi connectivity index (χ3n) is 2.95. The van der Waals surface area contributed by atoms with Crippen LogP contribution in [0.5, 0.6) is 0 Å². The lowest BCUT2D eigenvalue weighted by molar-refractivity contribution is 0.107. The molecule has 0 saturated carbocycles. The molecule has 0 rings (SSSR count). The van der Waals surface area contributed by atoms with Gasteiger partial charge in [0.15, 0.2) is 0 Å². The first-order valence-electron chi connectivity index (χ1n) is 8.30. The zero-order chi connectivity index (χ0) is 17.8. The molecule has 140 valence electrons. The molecule has 0 aliphatic carbocycles. The minimum Gasteiger partial charge on any atom is -0.311 e. The summed E-state index contributed by atoms with van der Waals surface area (Å²) in [5, 5.41) is 0. The fourth-order valence-corrected chi connectivity index (χ4v) is 3.20. The third-order valence-corrected chi connectivity index (χ3v) is 4.76. The van der Waals surface area contributed by atoms with Gasteiger partial charge in [-0.05, 0) is 33.6 Å². The predicted octanol–water partition coefficient (Wildman–Crippen LogP) is 4.30. The van der Waals surface area contributed by atoms with Gasteiger partial charge in [-0.2, -0.15) is 8.42 Å². The van der Waals surface area contributed by atoms with E-state index in [2.05, 4.69) is 4.18 Å². The molecular formula is C15H33O6PS. The van der Waals surface area contributed by atoms with E-state index < -0.39 is 24.0 Å². The van der Waals surface area contributed by atoms with Crippen LogP contribution >= 0.6 is 8.25 Å². The van der Waals surface area contributed by atoms with E-state index in [1.165, 1.54) is 0 Å². The maximum atomic E-state index is 11.5. The standard InChI is InChI=1S/C15H33O6PS/c1-15(2,3)21-22(16)19-13-11-9-7-5-6-8-10-12-14-20-23(4,17)18/h22H,5-14H2,1-4H3. The summed E-state index contributed by atoms with van der Waals surface area (Å²) in [5.74, 6) is 0. The molecule has 0 bridgehead atoms. The molecule has 0 spiro atoms. The van der Waals surface area contributed by atoms with Crippen molar-refractivity contribution in [1.29, 1.82) is 0 Å². The number of hydrogen-bond donors (Lipinski definition) is 0. The molecule has 8 heteroatoms. The van der Waals surface area contributed by atoms with Gasteiger partial charge in [-0.15, -0.1) is 0 Å². The van der Waals surface area contributed by atoms with Crippen molar-refractivity contribution in [1.82, 2.24) is 0 Å². The molecule has 0 aromatic carbocycles. The van der Waals surface area contributed by atoms with E-state index in [1.54, 1.807) is 0 Å². The Bertz CT molecular complexity index is 416. The minimum atomic E-state index is -3.29. The van der Waals surface area contributed by atoms with E-state index in [0.717, 1.165) is 57.6 Å². The van der Waals surface area contributed by atoms with E-state index in [1.807, 2.05) is 20.8 Å². The average Bonchev–Trinajstić information content (AvgIpc) is 2.36. The first-order valence-corrected chi connectivity index (χ1v) is 11.3. The Morgan fingerprint density at radius 1 is 0.826 bits per heavy atom. The normalized spacial score (nSPS) is 14.1. The highest BCUT2D eigenvalue weighted by atomic mass is 32.2. The van der Waals surface area contributed by atoms with Crippen LogP contribution in [0.1, 0.15) is 72.1 Å². The quantitative estimate of drug-likeness (QED) is 0.257. The molecule has 1 atom stereocenters. The summed E-state index contributed by atoms with van der Waals surface area (Å²) in [6.45, 7) is 6.33. The second-order valence-electron chi connectivity index (χ2n) is 6.67. The van der Waals surface area contributed by atoms with Gasteiger partial charge in [-0.3, -0.25) is 8.75 Å². The second-order valence-corrected chi connectivity index (χ2v) is 9.30. The zero-order valence-electron chi connectivity index (χ0n) is 14.9. The highest BCUT2D eigenvalue weighted by Gasteiger charge is 2.14. The average molecular weight is 372 g/mol. The summed E-state index contributed by atoms with van der Waals surface area (Å²) in [6, 6.07) is 0. The highest BCUT2D eigenvalue weighted by molar-refractivity contribution is 7.85. The Labute approximate surface area is 142 Å². The molecule has 0 fully saturated rings. The van der Waals surface area contributed by atoms with Crippen LogP contribution in [-0.4, -0.2) is 33.5 Å². The Kier molecular flexibility index (Phi) is 12.5. The minimum absolute atomic E-state index is 0.284. The van der Waals surface area contributed by atoms with Crippen LogP contribution in [0, 0.1) is 0 Å². The monoisotopic (exact) mass is 372 g/mol. The van der Waals surface area contributed by atoms with E-state index in [4.69, 9.17) is 9.05 Å². The molecule has 0 aliphatic rings. The number of rotatable bonds is 14. The smallest absolute Gasteiger partial charge is 0.311 e. The predicted molar refractivity (Wildman–Crippen MR) is 93.5 cm³/mol.